The van der Waals surface area contributed by atoms with Crippen molar-refractivity contribution in [3.05, 3.63) is 207 Å². The Hall–Kier alpha value is -5.88. The zero-order valence-corrected chi connectivity index (χ0v) is 31.8. The van der Waals surface area contributed by atoms with Crippen LogP contribution in [0.2, 0.25) is 0 Å². The molecule has 1 heterocycles. The molecule has 5 aromatic rings. The van der Waals surface area contributed by atoms with Crippen molar-refractivity contribution in [3.8, 4) is 22.3 Å². The number of fused-ring (bicyclic) bond motifs is 16. The van der Waals surface area contributed by atoms with Gasteiger partial charge in [-0.1, -0.05) is 128 Å². The molecule has 0 saturated heterocycles. The quantitative estimate of drug-likeness (QED) is 0.160. The number of aryl methyl sites for hydroxylation is 1. The Labute approximate surface area is 329 Å². The Bertz CT molecular complexity index is 2920. The van der Waals surface area contributed by atoms with Crippen LogP contribution in [0.1, 0.15) is 71.2 Å². The minimum Gasteiger partial charge on any atom is -0.310 e. The van der Waals surface area contributed by atoms with Gasteiger partial charge < -0.3 is 4.57 Å². The van der Waals surface area contributed by atoms with Crippen LogP contribution in [-0.4, -0.2) is 4.57 Å². The number of allylic oxidation sites excluding steroid dienone is 14. The van der Waals surface area contributed by atoms with Gasteiger partial charge in [0, 0.05) is 40.4 Å². The molecule has 8 aliphatic rings. The fourth-order valence-electron chi connectivity index (χ4n) is 13.0. The third-order valence-corrected chi connectivity index (χ3v) is 14.9. The summed E-state index contributed by atoms with van der Waals surface area (Å²) in [5.74, 6) is 1.97. The van der Waals surface area contributed by atoms with Crippen molar-refractivity contribution < 1.29 is 0 Å². The van der Waals surface area contributed by atoms with Crippen LogP contribution in [0.5, 0.6) is 0 Å². The van der Waals surface area contributed by atoms with Gasteiger partial charge >= 0.3 is 0 Å². The molecular weight excluding hydrogens is 675 g/mol. The molecule has 0 saturated carbocycles. The molecule has 1 nitrogen and oxygen atoms in total. The molecule has 8 aliphatic carbocycles. The molecule has 4 aromatic carbocycles. The molecule has 0 radical (unpaired) electrons. The highest BCUT2D eigenvalue weighted by Crippen LogP contribution is 2.69. The monoisotopic (exact) mass is 717 g/mol. The molecule has 13 rings (SSSR count). The van der Waals surface area contributed by atoms with Crippen molar-refractivity contribution in [2.24, 2.45) is 23.7 Å². The van der Waals surface area contributed by atoms with E-state index in [1.165, 1.54) is 84.4 Å². The highest BCUT2D eigenvalue weighted by Gasteiger charge is 2.61. The maximum atomic E-state index is 3.65. The van der Waals surface area contributed by atoms with E-state index < -0.39 is 0 Å². The average Bonchev–Trinajstić information content (AvgIpc) is 3.86. The van der Waals surface area contributed by atoms with E-state index in [4.69, 9.17) is 0 Å². The molecule has 0 fully saturated rings. The molecule has 56 heavy (non-hydrogen) atoms. The summed E-state index contributed by atoms with van der Waals surface area (Å²) in [6.45, 7) is 2.49. The Morgan fingerprint density at radius 1 is 0.821 bits per heavy atom. The van der Waals surface area contributed by atoms with Crippen LogP contribution < -0.4 is 0 Å². The molecule has 268 valence electrons. The summed E-state index contributed by atoms with van der Waals surface area (Å²) in [7, 11) is 0. The molecule has 1 aromatic heterocycles. The smallest absolute Gasteiger partial charge is 0.0547 e. The van der Waals surface area contributed by atoms with Crippen molar-refractivity contribution in [2.45, 2.75) is 50.4 Å². The number of rotatable bonds is 2. The van der Waals surface area contributed by atoms with E-state index in [2.05, 4.69) is 169 Å². The number of para-hydroxylation sites is 1. The summed E-state index contributed by atoms with van der Waals surface area (Å²) in [4.78, 5) is 0. The van der Waals surface area contributed by atoms with Crippen LogP contribution in [0.4, 0.5) is 0 Å². The molecule has 1 spiro atoms. The van der Waals surface area contributed by atoms with Crippen LogP contribution >= 0.6 is 0 Å². The van der Waals surface area contributed by atoms with Crippen molar-refractivity contribution >= 4 is 22.7 Å². The van der Waals surface area contributed by atoms with Gasteiger partial charge in [0.2, 0.25) is 0 Å². The number of benzene rings is 4. The molecule has 1 heteroatoms. The number of hydrogen-bond donors (Lipinski definition) is 0. The first-order valence-electron chi connectivity index (χ1n) is 21.0. The summed E-state index contributed by atoms with van der Waals surface area (Å²) in [6, 6.07) is 30.6. The Kier molecular flexibility index (Phi) is 6.35. The molecule has 6 atom stereocenters. The Morgan fingerprint density at radius 2 is 1.70 bits per heavy atom. The summed E-state index contributed by atoms with van der Waals surface area (Å²) in [5.41, 5.74) is 27.0. The number of nitrogens with zero attached hydrogens (tertiary/aromatic N) is 1. The lowest BCUT2D eigenvalue weighted by molar-refractivity contribution is 0.383. The molecule has 0 aliphatic heterocycles. The van der Waals surface area contributed by atoms with Crippen LogP contribution in [-0.2, 0) is 18.3 Å². The SMILES string of the molecule is CC1Cc2c3c(cc4c2C(C1)c1ccccc1-4)C1(C2=C(C=CC=C=C2)C2C=CC=C(C4C=CC(n5c6c(c7ccccc75)CCC=C6)=CC4)[C@@H]21)c1ccccc1-3. The fourth-order valence-corrected chi connectivity index (χ4v) is 13.0. The van der Waals surface area contributed by atoms with E-state index in [0.29, 0.717) is 17.8 Å². The van der Waals surface area contributed by atoms with Gasteiger partial charge in [-0.15, -0.1) is 5.73 Å². The second kappa shape index (κ2) is 11.3. The fraction of sp³-hybridized carbons (Fsp3) is 0.218. The Balaban J connectivity index is 1.02. The standard InChI is InChI=1S/C55H43N/c1-33-30-44-37-14-5-6-15-38(37)45-32-49-53(46(31-33)52(44)45)43-19-7-10-23-48(43)55(49)47-22-4-2-3-16-39(47)42-21-13-20-36(54(42)55)34-26-28-35(29-27-34)56-50-24-11-8-17-40(50)41-18-9-12-25-51(41)56/h2-3,5-8,10-17,19-26,28-29,32-34,42,44,54H,9,18,27,30-31H2,1H3/t33?,34?,42?,44?,54-,55?/m0/s1. The lowest BCUT2D eigenvalue weighted by Gasteiger charge is -2.43. The first-order valence-corrected chi connectivity index (χ1v) is 21.0. The first kappa shape index (κ1) is 31.3. The third-order valence-electron chi connectivity index (χ3n) is 14.9. The maximum Gasteiger partial charge on any atom is 0.0547 e. The van der Waals surface area contributed by atoms with Gasteiger partial charge in [-0.2, -0.15) is 0 Å². The molecule has 0 bridgehead atoms. The zero-order chi connectivity index (χ0) is 36.7. The topological polar surface area (TPSA) is 4.93 Å². The van der Waals surface area contributed by atoms with Crippen molar-refractivity contribution in [1.29, 1.82) is 0 Å². The van der Waals surface area contributed by atoms with Crippen LogP contribution in [0.25, 0.3) is 44.9 Å². The van der Waals surface area contributed by atoms with Gasteiger partial charge in [0.25, 0.3) is 0 Å². The number of aromatic nitrogens is 1. The first-order chi connectivity index (χ1) is 27.7. The summed E-state index contributed by atoms with van der Waals surface area (Å²) in [5, 5.41) is 1.40. The van der Waals surface area contributed by atoms with Gasteiger partial charge in [0.05, 0.1) is 10.9 Å². The van der Waals surface area contributed by atoms with Gasteiger partial charge in [0.15, 0.2) is 0 Å². The summed E-state index contributed by atoms with van der Waals surface area (Å²) >= 11 is 0. The normalized spacial score (nSPS) is 27.8. The molecule has 0 amide bonds. The van der Waals surface area contributed by atoms with Crippen molar-refractivity contribution in [2.75, 3.05) is 0 Å². The van der Waals surface area contributed by atoms with Crippen molar-refractivity contribution in [3.63, 3.8) is 0 Å². The third kappa shape index (κ3) is 3.87. The highest BCUT2D eigenvalue weighted by molar-refractivity contribution is 5.95. The van der Waals surface area contributed by atoms with Gasteiger partial charge in [-0.25, -0.2) is 0 Å². The summed E-state index contributed by atoms with van der Waals surface area (Å²) < 4.78 is 2.52. The summed E-state index contributed by atoms with van der Waals surface area (Å²) in [6.07, 6.45) is 34.3. The van der Waals surface area contributed by atoms with Gasteiger partial charge in [-0.05, 0) is 141 Å². The van der Waals surface area contributed by atoms with Crippen LogP contribution in [0.3, 0.4) is 0 Å². The lowest BCUT2D eigenvalue weighted by Crippen LogP contribution is -2.39. The van der Waals surface area contributed by atoms with E-state index >= 15 is 0 Å². The predicted molar refractivity (Wildman–Crippen MR) is 231 cm³/mol. The van der Waals surface area contributed by atoms with Crippen molar-refractivity contribution in [1.82, 2.24) is 4.57 Å². The van der Waals surface area contributed by atoms with Crippen LogP contribution in [0, 0.1) is 23.7 Å². The minimum atomic E-state index is -0.324. The molecule has 5 unspecified atom stereocenters. The van der Waals surface area contributed by atoms with E-state index in [9.17, 15) is 0 Å². The lowest BCUT2D eigenvalue weighted by atomic mass is 9.59. The number of hydrogen-bond acceptors (Lipinski definition) is 0. The van der Waals surface area contributed by atoms with Crippen LogP contribution in [0.15, 0.2) is 168 Å². The molecular formula is C55H43N. The highest BCUT2D eigenvalue weighted by atomic mass is 15.0. The van der Waals surface area contributed by atoms with E-state index in [0.717, 1.165) is 25.7 Å². The minimum absolute atomic E-state index is 0.257. The average molecular weight is 718 g/mol. The van der Waals surface area contributed by atoms with E-state index in [1.807, 2.05) is 0 Å². The predicted octanol–water partition coefficient (Wildman–Crippen LogP) is 13.0. The molecule has 0 N–H and O–H groups in total. The van der Waals surface area contributed by atoms with E-state index in [-0.39, 0.29) is 17.3 Å². The Morgan fingerprint density at radius 3 is 2.62 bits per heavy atom. The van der Waals surface area contributed by atoms with Gasteiger partial charge in [-0.3, -0.25) is 0 Å². The second-order valence-corrected chi connectivity index (χ2v) is 17.5. The van der Waals surface area contributed by atoms with Gasteiger partial charge in [0.1, 0.15) is 0 Å². The maximum absolute atomic E-state index is 3.65. The van der Waals surface area contributed by atoms with E-state index in [1.54, 1.807) is 16.7 Å². The second-order valence-electron chi connectivity index (χ2n) is 17.5. The largest absolute Gasteiger partial charge is 0.310 e. The zero-order valence-electron chi connectivity index (χ0n) is 31.8.